The number of hydrogen-bond donors (Lipinski definition) is 4. The van der Waals surface area contributed by atoms with Crippen LogP contribution in [0.3, 0.4) is 0 Å². The molecule has 0 bridgehead atoms. The van der Waals surface area contributed by atoms with Crippen molar-refractivity contribution in [2.24, 2.45) is 11.8 Å². The van der Waals surface area contributed by atoms with Crippen molar-refractivity contribution in [2.45, 2.75) is 25.9 Å². The third-order valence-corrected chi connectivity index (χ3v) is 5.29. The van der Waals surface area contributed by atoms with E-state index in [1.54, 1.807) is 36.4 Å². The lowest BCUT2D eigenvalue weighted by atomic mass is 10.1. The van der Waals surface area contributed by atoms with Crippen molar-refractivity contribution < 1.29 is 13.9 Å². The molecule has 1 amide bonds. The summed E-state index contributed by atoms with van der Waals surface area (Å²) in [6.07, 6.45) is 2.58. The van der Waals surface area contributed by atoms with Crippen LogP contribution in [0.15, 0.2) is 54.6 Å². The van der Waals surface area contributed by atoms with Gasteiger partial charge in [0.05, 0.1) is 23.0 Å². The van der Waals surface area contributed by atoms with Crippen molar-refractivity contribution in [1.29, 1.82) is 0 Å². The number of amides is 1. The number of anilines is 3. The predicted molar refractivity (Wildman–Crippen MR) is 119 cm³/mol. The number of nitrogens with two attached hydrogens (primary N) is 2. The molecule has 8 heteroatoms. The fraction of sp³-hybridized carbons (Fsp3) is 0.217. The summed E-state index contributed by atoms with van der Waals surface area (Å²) in [5.41, 5.74) is 10.1. The maximum atomic E-state index is 14.4. The van der Waals surface area contributed by atoms with E-state index in [-0.39, 0.29) is 11.7 Å². The fourth-order valence-electron chi connectivity index (χ4n) is 3.30. The van der Waals surface area contributed by atoms with Crippen LogP contribution in [0.5, 0.6) is 5.75 Å². The van der Waals surface area contributed by atoms with Crippen molar-refractivity contribution >= 4 is 23.1 Å². The van der Waals surface area contributed by atoms with Gasteiger partial charge in [-0.15, -0.1) is 0 Å². The second kappa shape index (κ2) is 8.61. The van der Waals surface area contributed by atoms with Gasteiger partial charge in [-0.25, -0.2) is 15.2 Å². The Kier molecular flexibility index (Phi) is 5.73. The highest BCUT2D eigenvalue weighted by molar-refractivity contribution is 6.05. The van der Waals surface area contributed by atoms with E-state index in [9.17, 15) is 9.18 Å². The van der Waals surface area contributed by atoms with E-state index in [1.165, 1.54) is 31.0 Å². The van der Waals surface area contributed by atoms with Crippen molar-refractivity contribution in [3.05, 3.63) is 66.0 Å². The third kappa shape index (κ3) is 4.75. The zero-order valence-electron chi connectivity index (χ0n) is 17.1. The Morgan fingerprint density at radius 1 is 1.16 bits per heavy atom. The molecule has 2 aromatic carbocycles. The quantitative estimate of drug-likeness (QED) is 0.336. The molecule has 0 spiro atoms. The van der Waals surface area contributed by atoms with Crippen molar-refractivity contribution in [2.75, 3.05) is 16.5 Å². The minimum atomic E-state index is -0.632. The van der Waals surface area contributed by atoms with E-state index in [2.05, 4.69) is 22.7 Å². The van der Waals surface area contributed by atoms with E-state index < -0.39 is 11.7 Å². The summed E-state index contributed by atoms with van der Waals surface area (Å²) >= 11 is 0. The number of hydrogen-bond acceptors (Lipinski definition) is 6. The Bertz CT molecular complexity index is 1100. The Labute approximate surface area is 179 Å². The topological polar surface area (TPSA) is 115 Å². The summed E-state index contributed by atoms with van der Waals surface area (Å²) in [6.45, 7) is 2.06. The Morgan fingerprint density at radius 2 is 1.90 bits per heavy atom. The van der Waals surface area contributed by atoms with Gasteiger partial charge in [0.2, 0.25) is 0 Å². The lowest BCUT2D eigenvalue weighted by Crippen LogP contribution is -2.15. The Balaban J connectivity index is 1.50. The van der Waals surface area contributed by atoms with Gasteiger partial charge < -0.3 is 21.2 Å². The minimum Gasteiger partial charge on any atom is -0.490 e. The largest absolute Gasteiger partial charge is 0.490 e. The molecular weight excluding hydrogens is 397 g/mol. The molecule has 1 aromatic heterocycles. The van der Waals surface area contributed by atoms with Gasteiger partial charge >= 0.3 is 0 Å². The molecule has 31 heavy (non-hydrogen) atoms. The number of hydrazine groups is 1. The van der Waals surface area contributed by atoms with Crippen molar-refractivity contribution in [3.63, 3.8) is 0 Å². The van der Waals surface area contributed by atoms with Gasteiger partial charge in [-0.1, -0.05) is 0 Å². The van der Waals surface area contributed by atoms with Gasteiger partial charge in [0.1, 0.15) is 11.6 Å². The Morgan fingerprint density at radius 3 is 2.58 bits per heavy atom. The first-order valence-electron chi connectivity index (χ1n) is 10.1. The first-order valence-corrected chi connectivity index (χ1v) is 10.1. The number of carbonyl (C=O) groups is 1. The van der Waals surface area contributed by atoms with Gasteiger partial charge in [-0.2, -0.15) is 0 Å². The lowest BCUT2D eigenvalue weighted by molar-refractivity contribution is 0.102. The summed E-state index contributed by atoms with van der Waals surface area (Å²) in [6, 6.07) is 14.6. The number of ether oxygens (including phenoxy) is 1. The van der Waals surface area contributed by atoms with Crippen LogP contribution in [0, 0.1) is 11.7 Å². The summed E-state index contributed by atoms with van der Waals surface area (Å²) in [4.78, 5) is 17.0. The normalized spacial score (nSPS) is 14.0. The summed E-state index contributed by atoms with van der Waals surface area (Å²) in [5, 5.41) is 2.72. The van der Waals surface area contributed by atoms with Crippen LogP contribution in [0.2, 0.25) is 0 Å². The highest BCUT2D eigenvalue weighted by Crippen LogP contribution is 2.34. The molecule has 1 atom stereocenters. The zero-order chi connectivity index (χ0) is 22.0. The maximum absolute atomic E-state index is 14.4. The van der Waals surface area contributed by atoms with E-state index in [0.29, 0.717) is 34.4 Å². The van der Waals surface area contributed by atoms with Gasteiger partial charge in [0.25, 0.3) is 5.91 Å². The molecule has 3 aromatic rings. The van der Waals surface area contributed by atoms with Gasteiger partial charge in [-0.3, -0.25) is 4.79 Å². The smallest absolute Gasteiger partial charge is 0.258 e. The second-order valence-electron chi connectivity index (χ2n) is 7.61. The molecule has 1 aliphatic rings. The van der Waals surface area contributed by atoms with Crippen LogP contribution < -0.4 is 27.1 Å². The highest BCUT2D eigenvalue weighted by Gasteiger charge is 2.29. The number of aromatic nitrogens is 1. The number of nitrogen functional groups attached to an aromatic ring is 2. The molecule has 4 rings (SSSR count). The molecule has 0 unspecified atom stereocenters. The number of nitrogens with zero attached hydrogens (tertiary/aromatic N) is 1. The van der Waals surface area contributed by atoms with E-state index >= 15 is 0 Å². The molecule has 1 saturated carbocycles. The SMILES string of the molecule is C[C@@H](Oc1ccc(NC(=O)c2cc(-c3ccc(N)c(NN)n3)ccc2F)cc1)C1CC1. The minimum absolute atomic E-state index is 0.0962. The van der Waals surface area contributed by atoms with Crippen LogP contribution in [0.25, 0.3) is 11.3 Å². The second-order valence-corrected chi connectivity index (χ2v) is 7.61. The monoisotopic (exact) mass is 421 g/mol. The standard InChI is InChI=1S/C23H24FN5O2/c1-13(14-2-3-14)31-17-7-5-16(6-8-17)27-23(30)18-12-15(4-9-19(18)24)21-11-10-20(25)22(28-21)29-26/h4-14H,2-3,25-26H2,1H3,(H,27,30)(H,28,29)/t13-/m1/s1. The van der Waals surface area contributed by atoms with E-state index in [4.69, 9.17) is 16.3 Å². The van der Waals surface area contributed by atoms with E-state index in [0.717, 1.165) is 5.75 Å². The first kappa shape index (κ1) is 20.6. The molecule has 160 valence electrons. The fourth-order valence-corrected chi connectivity index (χ4v) is 3.30. The molecule has 6 N–H and O–H groups in total. The summed E-state index contributed by atoms with van der Waals surface area (Å²) in [5.74, 6) is 5.88. The number of benzene rings is 2. The average Bonchev–Trinajstić information content (AvgIpc) is 3.61. The summed E-state index contributed by atoms with van der Waals surface area (Å²) < 4.78 is 20.3. The number of rotatable bonds is 7. The van der Waals surface area contributed by atoms with Crippen LogP contribution in [-0.4, -0.2) is 17.0 Å². The van der Waals surface area contributed by atoms with Gasteiger partial charge in [-0.05, 0) is 80.3 Å². The first-order chi connectivity index (χ1) is 14.9. The molecule has 1 aliphatic carbocycles. The van der Waals surface area contributed by atoms with Crippen LogP contribution in [0.4, 0.5) is 21.6 Å². The van der Waals surface area contributed by atoms with Crippen LogP contribution >= 0.6 is 0 Å². The Hall–Kier alpha value is -3.65. The van der Waals surface area contributed by atoms with Gasteiger partial charge in [0, 0.05) is 11.3 Å². The zero-order valence-corrected chi connectivity index (χ0v) is 17.1. The van der Waals surface area contributed by atoms with Crippen LogP contribution in [-0.2, 0) is 0 Å². The number of pyridine rings is 1. The van der Waals surface area contributed by atoms with Crippen molar-refractivity contribution in [3.8, 4) is 17.0 Å². The third-order valence-electron chi connectivity index (χ3n) is 5.29. The van der Waals surface area contributed by atoms with Gasteiger partial charge in [0.15, 0.2) is 5.82 Å². The number of carbonyl (C=O) groups excluding carboxylic acids is 1. The molecule has 0 radical (unpaired) electrons. The maximum Gasteiger partial charge on any atom is 0.258 e. The number of halogens is 1. The molecule has 7 nitrogen and oxygen atoms in total. The highest BCUT2D eigenvalue weighted by atomic mass is 19.1. The van der Waals surface area contributed by atoms with E-state index in [1.807, 2.05) is 0 Å². The molecule has 1 heterocycles. The van der Waals surface area contributed by atoms with Crippen molar-refractivity contribution in [1.82, 2.24) is 4.98 Å². The lowest BCUT2D eigenvalue weighted by Gasteiger charge is -2.14. The summed E-state index contributed by atoms with van der Waals surface area (Å²) in [7, 11) is 0. The predicted octanol–water partition coefficient (Wildman–Crippen LogP) is 4.19. The van der Waals surface area contributed by atoms with Crippen LogP contribution in [0.1, 0.15) is 30.1 Å². The molecule has 0 aliphatic heterocycles. The molecular formula is C23H24FN5O2. The average molecular weight is 421 g/mol. The number of nitrogens with one attached hydrogen (secondary N) is 2. The molecule has 0 saturated heterocycles. The molecule has 1 fully saturated rings.